The predicted molar refractivity (Wildman–Crippen MR) is 121 cm³/mol. The molecule has 1 heterocycles. The van der Waals surface area contributed by atoms with Crippen LogP contribution in [0.3, 0.4) is 0 Å². The smallest absolute Gasteiger partial charge is 0.238 e. The normalized spacial score (nSPS) is 17.9. The van der Waals surface area contributed by atoms with Gasteiger partial charge in [0.1, 0.15) is 17.1 Å². The third-order valence-electron chi connectivity index (χ3n) is 6.00. The van der Waals surface area contributed by atoms with Crippen molar-refractivity contribution in [1.29, 1.82) is 0 Å². The molecule has 1 aromatic rings. The molecule has 0 spiro atoms. The summed E-state index contributed by atoms with van der Waals surface area (Å²) in [5, 5.41) is 13.7. The second-order valence-corrected chi connectivity index (χ2v) is 8.28. The maximum atomic E-state index is 12.6. The Kier molecular flexibility index (Phi) is 8.14. The SMILES string of the molecule is CCCCCCC1(C)C=Cc2c(NC(=O)CN(CC)CC)c(O)c(C)c(C)c2O1. The van der Waals surface area contributed by atoms with Gasteiger partial charge >= 0.3 is 0 Å². The molecule has 1 aromatic carbocycles. The minimum atomic E-state index is -0.364. The number of nitrogens with zero attached hydrogens (tertiary/aromatic N) is 1. The van der Waals surface area contributed by atoms with E-state index in [1.807, 2.05) is 38.7 Å². The largest absolute Gasteiger partial charge is 0.505 e. The van der Waals surface area contributed by atoms with Crippen LogP contribution >= 0.6 is 0 Å². The van der Waals surface area contributed by atoms with Crippen molar-refractivity contribution in [2.24, 2.45) is 0 Å². The highest BCUT2D eigenvalue weighted by atomic mass is 16.5. The summed E-state index contributed by atoms with van der Waals surface area (Å²) >= 11 is 0. The molecular formula is C24H38N2O3. The van der Waals surface area contributed by atoms with E-state index >= 15 is 0 Å². The van der Waals surface area contributed by atoms with Gasteiger partial charge in [0.15, 0.2) is 0 Å². The monoisotopic (exact) mass is 402 g/mol. The van der Waals surface area contributed by atoms with Crippen molar-refractivity contribution >= 4 is 17.7 Å². The van der Waals surface area contributed by atoms with Crippen molar-refractivity contribution in [2.75, 3.05) is 25.0 Å². The van der Waals surface area contributed by atoms with E-state index in [4.69, 9.17) is 4.74 Å². The number of fused-ring (bicyclic) bond motifs is 1. The lowest BCUT2D eigenvalue weighted by molar-refractivity contribution is -0.117. The molecule has 1 unspecified atom stereocenters. The molecule has 0 bridgehead atoms. The van der Waals surface area contributed by atoms with Crippen LogP contribution in [-0.4, -0.2) is 41.1 Å². The fourth-order valence-electron chi connectivity index (χ4n) is 3.79. The van der Waals surface area contributed by atoms with Gasteiger partial charge in [-0.1, -0.05) is 40.0 Å². The number of ether oxygens (including phenoxy) is 1. The molecule has 1 aliphatic rings. The molecule has 29 heavy (non-hydrogen) atoms. The first-order valence-corrected chi connectivity index (χ1v) is 11.0. The van der Waals surface area contributed by atoms with Crippen molar-refractivity contribution in [3.63, 3.8) is 0 Å². The number of aromatic hydroxyl groups is 1. The number of benzene rings is 1. The molecule has 1 aliphatic heterocycles. The molecular weight excluding hydrogens is 364 g/mol. The van der Waals surface area contributed by atoms with Crippen molar-refractivity contribution < 1.29 is 14.6 Å². The van der Waals surface area contributed by atoms with Gasteiger partial charge in [-0.25, -0.2) is 0 Å². The standard InChI is InChI=1S/C24H38N2O3/c1-7-10-11-12-14-24(6)15-13-19-21(25-20(27)16-26(8-2)9-3)22(28)17(4)18(5)23(19)29-24/h13,15,28H,7-12,14,16H2,1-6H3,(H,25,27). The van der Waals surface area contributed by atoms with Crippen LogP contribution in [0.2, 0.25) is 0 Å². The fourth-order valence-corrected chi connectivity index (χ4v) is 3.79. The second-order valence-electron chi connectivity index (χ2n) is 8.28. The fraction of sp³-hybridized carbons (Fsp3) is 0.625. The second kappa shape index (κ2) is 10.1. The zero-order valence-corrected chi connectivity index (χ0v) is 19.0. The molecule has 0 aliphatic carbocycles. The van der Waals surface area contributed by atoms with Gasteiger partial charge in [0, 0.05) is 5.56 Å². The number of phenols is 1. The van der Waals surface area contributed by atoms with Gasteiger partial charge in [0.25, 0.3) is 0 Å². The first kappa shape index (κ1) is 23.3. The highest BCUT2D eigenvalue weighted by molar-refractivity contribution is 5.98. The number of unbranched alkanes of at least 4 members (excludes halogenated alkanes) is 3. The van der Waals surface area contributed by atoms with E-state index in [0.717, 1.165) is 48.4 Å². The molecule has 0 saturated heterocycles. The summed E-state index contributed by atoms with van der Waals surface area (Å²) in [7, 11) is 0. The first-order chi connectivity index (χ1) is 13.8. The van der Waals surface area contributed by atoms with E-state index in [-0.39, 0.29) is 17.3 Å². The predicted octanol–water partition coefficient (Wildman–Crippen LogP) is 5.42. The van der Waals surface area contributed by atoms with Gasteiger partial charge < -0.3 is 15.2 Å². The molecule has 5 nitrogen and oxygen atoms in total. The van der Waals surface area contributed by atoms with Gasteiger partial charge in [0.05, 0.1) is 12.2 Å². The Morgan fingerprint density at radius 3 is 2.45 bits per heavy atom. The number of nitrogens with one attached hydrogen (secondary N) is 1. The quantitative estimate of drug-likeness (QED) is 0.405. The maximum Gasteiger partial charge on any atom is 0.238 e. The Morgan fingerprint density at radius 1 is 1.14 bits per heavy atom. The van der Waals surface area contributed by atoms with Crippen molar-refractivity contribution in [2.45, 2.75) is 79.2 Å². The van der Waals surface area contributed by atoms with E-state index in [9.17, 15) is 9.90 Å². The number of rotatable bonds is 10. The highest BCUT2D eigenvalue weighted by Crippen LogP contribution is 2.46. The van der Waals surface area contributed by atoms with E-state index < -0.39 is 0 Å². The zero-order valence-electron chi connectivity index (χ0n) is 19.0. The summed E-state index contributed by atoms with van der Waals surface area (Å²) < 4.78 is 6.45. The number of likely N-dealkylation sites (N-methyl/N-ethyl adjacent to an activating group) is 1. The Morgan fingerprint density at radius 2 is 1.83 bits per heavy atom. The molecule has 162 valence electrons. The summed E-state index contributed by atoms with van der Waals surface area (Å²) in [5.41, 5.74) is 2.50. The Labute approximate surface area is 176 Å². The molecule has 0 aromatic heterocycles. The number of amides is 1. The molecule has 0 fully saturated rings. The molecule has 2 rings (SSSR count). The van der Waals surface area contributed by atoms with Gasteiger partial charge in [0.2, 0.25) is 5.91 Å². The molecule has 2 N–H and O–H groups in total. The van der Waals surface area contributed by atoms with Gasteiger partial charge in [-0.2, -0.15) is 0 Å². The summed E-state index contributed by atoms with van der Waals surface area (Å²) in [5.74, 6) is 0.753. The van der Waals surface area contributed by atoms with Gasteiger partial charge in [-0.15, -0.1) is 0 Å². The van der Waals surface area contributed by atoms with Crippen LogP contribution in [-0.2, 0) is 4.79 Å². The van der Waals surface area contributed by atoms with E-state index in [1.165, 1.54) is 19.3 Å². The summed E-state index contributed by atoms with van der Waals surface area (Å²) in [6.07, 6.45) is 9.79. The highest BCUT2D eigenvalue weighted by Gasteiger charge is 2.31. The van der Waals surface area contributed by atoms with Crippen LogP contribution in [0, 0.1) is 13.8 Å². The average Bonchev–Trinajstić information content (AvgIpc) is 2.71. The van der Waals surface area contributed by atoms with Crippen LogP contribution < -0.4 is 10.1 Å². The number of anilines is 1. The van der Waals surface area contributed by atoms with Crippen LogP contribution in [0.4, 0.5) is 5.69 Å². The van der Waals surface area contributed by atoms with E-state index in [1.54, 1.807) is 0 Å². The van der Waals surface area contributed by atoms with Crippen LogP contribution in [0.25, 0.3) is 6.08 Å². The summed E-state index contributed by atoms with van der Waals surface area (Å²) in [6, 6.07) is 0. The lowest BCUT2D eigenvalue weighted by atomic mass is 9.91. The van der Waals surface area contributed by atoms with Crippen molar-refractivity contribution in [3.8, 4) is 11.5 Å². The van der Waals surface area contributed by atoms with Crippen molar-refractivity contribution in [1.82, 2.24) is 4.90 Å². The lowest BCUT2D eigenvalue weighted by Crippen LogP contribution is -2.34. The minimum absolute atomic E-state index is 0.119. The Bertz CT molecular complexity index is 753. The summed E-state index contributed by atoms with van der Waals surface area (Å²) in [6.45, 7) is 14.1. The van der Waals surface area contributed by atoms with E-state index in [0.29, 0.717) is 12.2 Å². The molecule has 0 saturated carbocycles. The maximum absolute atomic E-state index is 12.6. The first-order valence-electron chi connectivity index (χ1n) is 11.0. The number of hydrogen-bond donors (Lipinski definition) is 2. The number of phenolic OH excluding ortho intramolecular Hbond substituents is 1. The van der Waals surface area contributed by atoms with Crippen LogP contribution in [0.5, 0.6) is 11.5 Å². The lowest BCUT2D eigenvalue weighted by Gasteiger charge is -2.34. The zero-order chi connectivity index (χ0) is 21.6. The molecule has 0 radical (unpaired) electrons. The Hall–Kier alpha value is -2.01. The topological polar surface area (TPSA) is 61.8 Å². The Balaban J connectivity index is 2.29. The summed E-state index contributed by atoms with van der Waals surface area (Å²) in [4.78, 5) is 14.6. The van der Waals surface area contributed by atoms with Gasteiger partial charge in [-0.05, 0) is 70.0 Å². The van der Waals surface area contributed by atoms with Gasteiger partial charge in [-0.3, -0.25) is 9.69 Å². The third-order valence-corrected chi connectivity index (χ3v) is 6.00. The molecule has 5 heteroatoms. The molecule has 1 atom stereocenters. The molecule has 1 amide bonds. The number of carbonyl (C=O) groups excluding carboxylic acids is 1. The minimum Gasteiger partial charge on any atom is -0.505 e. The van der Waals surface area contributed by atoms with Crippen LogP contribution in [0.15, 0.2) is 6.08 Å². The van der Waals surface area contributed by atoms with Crippen molar-refractivity contribution in [3.05, 3.63) is 22.8 Å². The average molecular weight is 403 g/mol. The number of hydrogen-bond acceptors (Lipinski definition) is 4. The number of carbonyl (C=O) groups is 1. The van der Waals surface area contributed by atoms with E-state index in [2.05, 4.69) is 25.2 Å². The third kappa shape index (κ3) is 5.53. The van der Waals surface area contributed by atoms with Crippen LogP contribution in [0.1, 0.15) is 76.5 Å².